The summed E-state index contributed by atoms with van der Waals surface area (Å²) in [6, 6.07) is 11.3. The average Bonchev–Trinajstić information content (AvgIpc) is 2.76. The Kier molecular flexibility index (Phi) is 5.92. The lowest BCUT2D eigenvalue weighted by atomic mass is 9.97. The van der Waals surface area contributed by atoms with Crippen LogP contribution in [0, 0.1) is 5.92 Å². The van der Waals surface area contributed by atoms with E-state index in [1.54, 1.807) is 37.3 Å². The largest absolute Gasteiger partial charge is 0.479 e. The van der Waals surface area contributed by atoms with E-state index in [4.69, 9.17) is 16.3 Å². The van der Waals surface area contributed by atoms with Crippen LogP contribution in [-0.4, -0.2) is 43.7 Å². The molecule has 2 amide bonds. The molecule has 10 heteroatoms. The number of carbonyl (C=O) groups excluding carboxylic acids is 2. The fourth-order valence-corrected chi connectivity index (χ4v) is 5.26. The molecule has 0 unspecified atom stereocenters. The Morgan fingerprint density at radius 3 is 2.52 bits per heavy atom. The summed E-state index contributed by atoms with van der Waals surface area (Å²) < 4.78 is 33.0. The number of piperidine rings is 1. The van der Waals surface area contributed by atoms with Crippen molar-refractivity contribution < 1.29 is 22.7 Å². The second-order valence-electron chi connectivity index (χ2n) is 7.58. The van der Waals surface area contributed by atoms with Crippen molar-refractivity contribution in [3.05, 3.63) is 47.5 Å². The van der Waals surface area contributed by atoms with Gasteiger partial charge < -0.3 is 15.4 Å². The molecule has 164 valence electrons. The summed E-state index contributed by atoms with van der Waals surface area (Å²) in [5, 5.41) is 6.09. The lowest BCUT2D eigenvalue weighted by Crippen LogP contribution is -2.41. The standard InChI is InChI=1S/C21H22ClN3O5S/c1-13-20(26)24-18-12-17(6-7-19(18)30-13)31(28,29)25-10-8-14(9-11-25)21(27)23-16-4-2-15(22)3-5-16/h2-7,12-14H,8-11H2,1H3,(H,23,27)(H,24,26)/t13-/m1/s1. The predicted molar refractivity (Wildman–Crippen MR) is 117 cm³/mol. The number of anilines is 2. The maximum absolute atomic E-state index is 13.1. The Morgan fingerprint density at radius 2 is 1.84 bits per heavy atom. The average molecular weight is 464 g/mol. The van der Waals surface area contributed by atoms with Gasteiger partial charge in [-0.3, -0.25) is 9.59 Å². The SMILES string of the molecule is C[C@H]1Oc2ccc(S(=O)(=O)N3CCC(C(=O)Nc4ccc(Cl)cc4)CC3)cc2NC1=O. The Bertz CT molecular complexity index is 1110. The van der Waals surface area contributed by atoms with Crippen LogP contribution in [0.4, 0.5) is 11.4 Å². The maximum Gasteiger partial charge on any atom is 0.265 e. The number of hydrogen-bond donors (Lipinski definition) is 2. The van der Waals surface area contributed by atoms with Crippen molar-refractivity contribution in [1.82, 2.24) is 4.31 Å². The van der Waals surface area contributed by atoms with E-state index in [2.05, 4.69) is 10.6 Å². The molecule has 31 heavy (non-hydrogen) atoms. The van der Waals surface area contributed by atoms with Gasteiger partial charge in [-0.25, -0.2) is 8.42 Å². The second-order valence-corrected chi connectivity index (χ2v) is 9.96. The minimum Gasteiger partial charge on any atom is -0.479 e. The van der Waals surface area contributed by atoms with Crippen LogP contribution in [0.5, 0.6) is 5.75 Å². The number of nitrogens with zero attached hydrogens (tertiary/aromatic N) is 1. The molecule has 1 saturated heterocycles. The van der Waals surface area contributed by atoms with E-state index in [0.29, 0.717) is 35.0 Å². The minimum absolute atomic E-state index is 0.0776. The molecular weight excluding hydrogens is 442 g/mol. The van der Waals surface area contributed by atoms with Crippen LogP contribution >= 0.6 is 11.6 Å². The number of amides is 2. The number of nitrogens with one attached hydrogen (secondary N) is 2. The van der Waals surface area contributed by atoms with Gasteiger partial charge in [0.05, 0.1) is 10.6 Å². The molecule has 2 aliphatic heterocycles. The van der Waals surface area contributed by atoms with Gasteiger partial charge in [-0.1, -0.05) is 11.6 Å². The first-order valence-electron chi connectivity index (χ1n) is 9.92. The molecule has 1 atom stereocenters. The molecular formula is C21H22ClN3O5S. The van der Waals surface area contributed by atoms with E-state index in [9.17, 15) is 18.0 Å². The van der Waals surface area contributed by atoms with E-state index in [0.717, 1.165) is 0 Å². The van der Waals surface area contributed by atoms with E-state index in [1.165, 1.54) is 16.4 Å². The first-order chi connectivity index (χ1) is 14.7. The molecule has 2 N–H and O–H groups in total. The molecule has 0 spiro atoms. The number of halogens is 1. The van der Waals surface area contributed by atoms with Crippen LogP contribution in [-0.2, 0) is 19.6 Å². The van der Waals surface area contributed by atoms with Crippen molar-refractivity contribution >= 4 is 44.8 Å². The van der Waals surface area contributed by atoms with E-state index < -0.39 is 16.1 Å². The number of sulfonamides is 1. The lowest BCUT2D eigenvalue weighted by Gasteiger charge is -2.31. The highest BCUT2D eigenvalue weighted by molar-refractivity contribution is 7.89. The summed E-state index contributed by atoms with van der Waals surface area (Å²) >= 11 is 5.86. The maximum atomic E-state index is 13.1. The predicted octanol–water partition coefficient (Wildman–Crippen LogP) is 3.10. The normalized spacial score (nSPS) is 19.8. The topological polar surface area (TPSA) is 105 Å². The molecule has 0 saturated carbocycles. The minimum atomic E-state index is -3.76. The van der Waals surface area contributed by atoms with Gasteiger partial charge in [-0.2, -0.15) is 4.31 Å². The number of benzene rings is 2. The fraction of sp³-hybridized carbons (Fsp3) is 0.333. The van der Waals surface area contributed by atoms with E-state index in [1.807, 2.05) is 0 Å². The Hall–Kier alpha value is -2.62. The van der Waals surface area contributed by atoms with Gasteiger partial charge in [0.25, 0.3) is 5.91 Å². The molecule has 0 aromatic heterocycles. The number of fused-ring (bicyclic) bond motifs is 1. The van der Waals surface area contributed by atoms with Crippen LogP contribution in [0.2, 0.25) is 5.02 Å². The highest BCUT2D eigenvalue weighted by atomic mass is 35.5. The molecule has 2 heterocycles. The summed E-state index contributed by atoms with van der Waals surface area (Å²) in [4.78, 5) is 24.4. The van der Waals surface area contributed by atoms with Crippen molar-refractivity contribution in [3.8, 4) is 5.75 Å². The first-order valence-corrected chi connectivity index (χ1v) is 11.7. The number of rotatable bonds is 4. The third-order valence-electron chi connectivity index (χ3n) is 5.46. The van der Waals surface area contributed by atoms with E-state index in [-0.39, 0.29) is 35.7 Å². The van der Waals surface area contributed by atoms with Gasteiger partial charge in [-0.05, 0) is 62.2 Å². The van der Waals surface area contributed by atoms with Crippen molar-refractivity contribution in [2.75, 3.05) is 23.7 Å². The highest BCUT2D eigenvalue weighted by Crippen LogP contribution is 2.33. The summed E-state index contributed by atoms with van der Waals surface area (Å²) in [6.07, 6.45) is 0.204. The molecule has 4 rings (SSSR count). The van der Waals surface area contributed by atoms with Gasteiger partial charge in [-0.15, -0.1) is 0 Å². The Balaban J connectivity index is 1.41. The summed E-state index contributed by atoms with van der Waals surface area (Å²) in [5.41, 5.74) is 0.985. The van der Waals surface area contributed by atoms with Crippen LogP contribution in [0.15, 0.2) is 47.4 Å². The van der Waals surface area contributed by atoms with Crippen molar-refractivity contribution in [2.45, 2.75) is 30.8 Å². The first kappa shape index (κ1) is 21.6. The van der Waals surface area contributed by atoms with Gasteiger partial charge in [0.2, 0.25) is 15.9 Å². The molecule has 0 bridgehead atoms. The van der Waals surface area contributed by atoms with Crippen LogP contribution in [0.3, 0.4) is 0 Å². The molecule has 2 aromatic carbocycles. The monoisotopic (exact) mass is 463 g/mol. The summed E-state index contributed by atoms with van der Waals surface area (Å²) in [7, 11) is -3.76. The smallest absolute Gasteiger partial charge is 0.265 e. The molecule has 2 aromatic rings. The Morgan fingerprint density at radius 1 is 1.16 bits per heavy atom. The number of carbonyl (C=O) groups is 2. The zero-order chi connectivity index (χ0) is 22.2. The van der Waals surface area contributed by atoms with Gasteiger partial charge in [0.1, 0.15) is 5.75 Å². The second kappa shape index (κ2) is 8.49. The molecule has 0 aliphatic carbocycles. The molecule has 2 aliphatic rings. The zero-order valence-corrected chi connectivity index (χ0v) is 18.4. The highest BCUT2D eigenvalue weighted by Gasteiger charge is 2.33. The van der Waals surface area contributed by atoms with Gasteiger partial charge >= 0.3 is 0 Å². The van der Waals surface area contributed by atoms with Crippen molar-refractivity contribution in [3.63, 3.8) is 0 Å². The van der Waals surface area contributed by atoms with Gasteiger partial charge in [0, 0.05) is 29.7 Å². The van der Waals surface area contributed by atoms with Crippen LogP contribution in [0.1, 0.15) is 19.8 Å². The molecule has 8 nitrogen and oxygen atoms in total. The lowest BCUT2D eigenvalue weighted by molar-refractivity contribution is -0.123. The number of hydrogen-bond acceptors (Lipinski definition) is 5. The van der Waals surface area contributed by atoms with Crippen molar-refractivity contribution in [2.24, 2.45) is 5.92 Å². The third kappa shape index (κ3) is 4.53. The zero-order valence-electron chi connectivity index (χ0n) is 16.8. The molecule has 0 radical (unpaired) electrons. The summed E-state index contributed by atoms with van der Waals surface area (Å²) in [6.45, 7) is 2.09. The fourth-order valence-electron chi connectivity index (χ4n) is 3.63. The van der Waals surface area contributed by atoms with Crippen LogP contribution < -0.4 is 15.4 Å². The van der Waals surface area contributed by atoms with Crippen LogP contribution in [0.25, 0.3) is 0 Å². The quantitative estimate of drug-likeness (QED) is 0.724. The Labute approximate surface area is 185 Å². The van der Waals surface area contributed by atoms with Crippen molar-refractivity contribution in [1.29, 1.82) is 0 Å². The summed E-state index contributed by atoms with van der Waals surface area (Å²) in [5.74, 6) is -0.305. The van der Waals surface area contributed by atoms with Gasteiger partial charge in [0.15, 0.2) is 6.10 Å². The number of ether oxygens (including phenoxy) is 1. The van der Waals surface area contributed by atoms with E-state index >= 15 is 0 Å². The third-order valence-corrected chi connectivity index (χ3v) is 7.60. The molecule has 1 fully saturated rings.